The molecule has 2 aromatic rings. The Bertz CT molecular complexity index is 575. The number of carbonyl (C=O) groups excluding carboxylic acids is 1. The summed E-state index contributed by atoms with van der Waals surface area (Å²) in [5.41, 5.74) is 0.325. The molecule has 0 radical (unpaired) electrons. The van der Waals surface area contributed by atoms with Gasteiger partial charge in [-0.2, -0.15) is 0 Å². The first-order valence-electron chi connectivity index (χ1n) is 4.44. The van der Waals surface area contributed by atoms with E-state index in [9.17, 15) is 9.18 Å². The summed E-state index contributed by atoms with van der Waals surface area (Å²) in [6.07, 6.45) is 0. The summed E-state index contributed by atoms with van der Waals surface area (Å²) >= 11 is 11.0. The third-order valence-electron chi connectivity index (χ3n) is 2.07. The number of hydrogen-bond acceptors (Lipinski definition) is 2. The van der Waals surface area contributed by atoms with Gasteiger partial charge in [0.15, 0.2) is 0 Å². The molecule has 0 unspecified atom stereocenters. The van der Waals surface area contributed by atoms with E-state index in [1.807, 2.05) is 0 Å². The van der Waals surface area contributed by atoms with Crippen molar-refractivity contribution >= 4 is 64.9 Å². The Hall–Kier alpha value is -0.0400. The van der Waals surface area contributed by atoms with Gasteiger partial charge in [-0.05, 0) is 66.0 Å². The monoisotopic (exact) mass is 440 g/mol. The number of hydrogen-bond donors (Lipinski definition) is 0. The normalized spacial score (nSPS) is 10.6. The van der Waals surface area contributed by atoms with E-state index in [1.165, 1.54) is 23.5 Å². The summed E-state index contributed by atoms with van der Waals surface area (Å²) in [7, 11) is 0. The lowest BCUT2D eigenvalue weighted by Gasteiger charge is -2.02. The second-order valence-corrected chi connectivity index (χ2v) is 7.18. The summed E-state index contributed by atoms with van der Waals surface area (Å²) in [6.45, 7) is 0. The van der Waals surface area contributed by atoms with E-state index in [0.29, 0.717) is 10.4 Å². The van der Waals surface area contributed by atoms with Crippen molar-refractivity contribution < 1.29 is 9.18 Å². The smallest absolute Gasteiger partial charge is 0.204 e. The average molecular weight is 443 g/mol. The molecule has 1 aromatic heterocycles. The van der Waals surface area contributed by atoms with E-state index in [-0.39, 0.29) is 10.3 Å². The maximum atomic E-state index is 13.3. The zero-order valence-electron chi connectivity index (χ0n) is 8.14. The summed E-state index contributed by atoms with van der Waals surface area (Å²) in [6, 6.07) is 6.14. The highest BCUT2D eigenvalue weighted by molar-refractivity contribution is 9.13. The SMILES string of the molecule is O=C(c1cc(Br)c(Br)s1)c1cccc(F)c1Br. The van der Waals surface area contributed by atoms with Gasteiger partial charge in [-0.15, -0.1) is 11.3 Å². The molecule has 0 spiro atoms. The van der Waals surface area contributed by atoms with Crippen molar-refractivity contribution in [3.63, 3.8) is 0 Å². The minimum absolute atomic E-state index is 0.200. The molecule has 1 nitrogen and oxygen atoms in total. The Labute approximate surface area is 126 Å². The van der Waals surface area contributed by atoms with Crippen LogP contribution in [0.25, 0.3) is 0 Å². The molecule has 0 saturated carbocycles. The van der Waals surface area contributed by atoms with Gasteiger partial charge in [0.2, 0.25) is 5.78 Å². The van der Waals surface area contributed by atoms with Crippen LogP contribution in [-0.2, 0) is 0 Å². The van der Waals surface area contributed by atoms with Gasteiger partial charge in [-0.3, -0.25) is 4.79 Å². The lowest BCUT2D eigenvalue weighted by atomic mass is 10.1. The fourth-order valence-corrected chi connectivity index (χ4v) is 3.70. The van der Waals surface area contributed by atoms with Gasteiger partial charge >= 0.3 is 0 Å². The van der Waals surface area contributed by atoms with Crippen LogP contribution in [-0.4, -0.2) is 5.78 Å². The summed E-state index contributed by atoms with van der Waals surface area (Å²) in [4.78, 5) is 12.7. The summed E-state index contributed by atoms with van der Waals surface area (Å²) in [5.74, 6) is -0.640. The molecule has 1 aromatic carbocycles. The van der Waals surface area contributed by atoms with E-state index >= 15 is 0 Å². The lowest BCUT2D eigenvalue weighted by Crippen LogP contribution is -2.00. The molecule has 0 atom stereocenters. The van der Waals surface area contributed by atoms with Gasteiger partial charge in [0.1, 0.15) is 5.82 Å². The van der Waals surface area contributed by atoms with Crippen LogP contribution in [0.3, 0.4) is 0 Å². The fourth-order valence-electron chi connectivity index (χ4n) is 1.27. The van der Waals surface area contributed by atoms with E-state index < -0.39 is 5.82 Å². The Balaban J connectivity index is 2.47. The lowest BCUT2D eigenvalue weighted by molar-refractivity contribution is 0.104. The number of thiophene rings is 1. The topological polar surface area (TPSA) is 17.1 Å². The zero-order chi connectivity index (χ0) is 12.6. The molecule has 6 heteroatoms. The maximum absolute atomic E-state index is 13.3. The van der Waals surface area contributed by atoms with Crippen molar-refractivity contribution in [3.8, 4) is 0 Å². The summed E-state index contributed by atoms with van der Waals surface area (Å²) in [5, 5.41) is 0. The van der Waals surface area contributed by atoms with Crippen molar-refractivity contribution in [1.29, 1.82) is 0 Å². The third-order valence-corrected chi connectivity index (χ3v) is 6.13. The van der Waals surface area contributed by atoms with Gasteiger partial charge < -0.3 is 0 Å². The quantitative estimate of drug-likeness (QED) is 0.569. The van der Waals surface area contributed by atoms with Crippen LogP contribution in [0.5, 0.6) is 0 Å². The molecule has 17 heavy (non-hydrogen) atoms. The highest BCUT2D eigenvalue weighted by atomic mass is 79.9. The molecular weight excluding hydrogens is 439 g/mol. The molecule has 0 fully saturated rings. The van der Waals surface area contributed by atoms with Crippen LogP contribution < -0.4 is 0 Å². The molecule has 88 valence electrons. The Morgan fingerprint density at radius 1 is 1.24 bits per heavy atom. The molecule has 0 saturated heterocycles. The fraction of sp³-hybridized carbons (Fsp3) is 0. The third kappa shape index (κ3) is 2.70. The van der Waals surface area contributed by atoms with E-state index in [2.05, 4.69) is 47.8 Å². The van der Waals surface area contributed by atoms with Crippen LogP contribution >= 0.6 is 59.1 Å². The summed E-state index contributed by atoms with van der Waals surface area (Å²) < 4.78 is 15.2. The molecule has 0 N–H and O–H groups in total. The highest BCUT2D eigenvalue weighted by Crippen LogP contribution is 2.34. The van der Waals surface area contributed by atoms with E-state index in [4.69, 9.17) is 0 Å². The molecular formula is C11H4Br3FOS. The highest BCUT2D eigenvalue weighted by Gasteiger charge is 2.18. The van der Waals surface area contributed by atoms with Gasteiger partial charge in [0, 0.05) is 10.0 Å². The Morgan fingerprint density at radius 2 is 1.94 bits per heavy atom. The van der Waals surface area contributed by atoms with Crippen molar-refractivity contribution in [2.45, 2.75) is 0 Å². The second kappa shape index (κ2) is 5.30. The first kappa shape index (κ1) is 13.4. The minimum atomic E-state index is -0.439. The molecule has 1 heterocycles. The van der Waals surface area contributed by atoms with Crippen LogP contribution in [0.15, 0.2) is 37.0 Å². The first-order chi connectivity index (χ1) is 8.00. The molecule has 0 amide bonds. The van der Waals surface area contributed by atoms with Crippen LogP contribution in [0.1, 0.15) is 15.2 Å². The minimum Gasteiger partial charge on any atom is -0.288 e. The van der Waals surface area contributed by atoms with Crippen LogP contribution in [0, 0.1) is 5.82 Å². The van der Waals surface area contributed by atoms with Crippen molar-refractivity contribution in [1.82, 2.24) is 0 Å². The number of carbonyl (C=O) groups is 1. The molecule has 0 aliphatic rings. The van der Waals surface area contributed by atoms with Crippen LogP contribution in [0.2, 0.25) is 0 Å². The number of ketones is 1. The second-order valence-electron chi connectivity index (χ2n) is 3.16. The van der Waals surface area contributed by atoms with Gasteiger partial charge in [-0.25, -0.2) is 4.39 Å². The predicted octanol–water partition coefficient (Wildman–Crippen LogP) is 5.41. The maximum Gasteiger partial charge on any atom is 0.204 e. The largest absolute Gasteiger partial charge is 0.288 e. The van der Waals surface area contributed by atoms with E-state index in [0.717, 1.165) is 8.26 Å². The zero-order valence-corrected chi connectivity index (χ0v) is 13.7. The molecule has 0 aliphatic carbocycles. The predicted molar refractivity (Wildman–Crippen MR) is 77.3 cm³/mol. The molecule has 0 aliphatic heterocycles. The van der Waals surface area contributed by atoms with Crippen molar-refractivity contribution in [2.24, 2.45) is 0 Å². The molecule has 0 bridgehead atoms. The number of rotatable bonds is 2. The number of benzene rings is 1. The number of halogens is 4. The van der Waals surface area contributed by atoms with E-state index in [1.54, 1.807) is 12.1 Å². The Morgan fingerprint density at radius 3 is 2.53 bits per heavy atom. The van der Waals surface area contributed by atoms with Crippen molar-refractivity contribution in [2.75, 3.05) is 0 Å². The average Bonchev–Trinajstić information content (AvgIpc) is 2.62. The van der Waals surface area contributed by atoms with Crippen molar-refractivity contribution in [3.05, 3.63) is 53.3 Å². The standard InChI is InChI=1S/C11H4Br3FOS/c12-6-4-8(17-11(6)14)10(16)5-2-1-3-7(15)9(5)13/h1-4H. The van der Waals surface area contributed by atoms with Gasteiger partial charge in [0.05, 0.1) is 13.1 Å². The first-order valence-corrected chi connectivity index (χ1v) is 7.64. The van der Waals surface area contributed by atoms with Crippen LogP contribution in [0.4, 0.5) is 4.39 Å². The Kier molecular flexibility index (Phi) is 4.18. The van der Waals surface area contributed by atoms with Gasteiger partial charge in [0.25, 0.3) is 0 Å². The van der Waals surface area contributed by atoms with Gasteiger partial charge in [-0.1, -0.05) is 6.07 Å². The molecule has 2 rings (SSSR count).